The van der Waals surface area contributed by atoms with E-state index in [-0.39, 0.29) is 24.6 Å². The lowest BCUT2D eigenvalue weighted by atomic mass is 10.1. The largest absolute Gasteiger partial charge is 0.466 e. The summed E-state index contributed by atoms with van der Waals surface area (Å²) < 4.78 is 5.21. The molecule has 3 heteroatoms. The van der Waals surface area contributed by atoms with Crippen LogP contribution in [-0.2, 0) is 9.53 Å². The molecule has 0 unspecified atom stereocenters. The fourth-order valence-corrected chi connectivity index (χ4v) is 2.83. The Morgan fingerprint density at radius 1 is 0.760 bits per heavy atom. The van der Waals surface area contributed by atoms with Crippen LogP contribution in [0.5, 0.6) is 0 Å². The van der Waals surface area contributed by atoms with Gasteiger partial charge in [0.15, 0.2) is 5.78 Å². The van der Waals surface area contributed by atoms with Crippen LogP contribution in [0.2, 0.25) is 0 Å². The standard InChI is InChI=1S/C22H34O3/c1-2-3-4-5-6-7-8-9-10-14-19-25-22(24)18-17-21(23)20-15-12-11-13-16-20/h11-13,15-16H,2-10,14,17-19H2,1H3. The number of hydrogen-bond acceptors (Lipinski definition) is 3. The Morgan fingerprint density at radius 3 is 1.92 bits per heavy atom. The van der Waals surface area contributed by atoms with Gasteiger partial charge < -0.3 is 4.74 Å². The summed E-state index contributed by atoms with van der Waals surface area (Å²) >= 11 is 0. The Labute approximate surface area is 153 Å². The Bertz CT molecular complexity index is 467. The summed E-state index contributed by atoms with van der Waals surface area (Å²) in [5.74, 6) is -0.267. The molecule has 0 N–H and O–H groups in total. The molecule has 0 aromatic heterocycles. The van der Waals surface area contributed by atoms with Gasteiger partial charge in [-0.05, 0) is 6.42 Å². The molecule has 0 radical (unpaired) electrons. The van der Waals surface area contributed by atoms with Crippen molar-refractivity contribution in [2.75, 3.05) is 6.61 Å². The molecule has 0 aliphatic carbocycles. The summed E-state index contributed by atoms with van der Waals surface area (Å²) in [6, 6.07) is 9.08. The molecule has 140 valence electrons. The fraction of sp³-hybridized carbons (Fsp3) is 0.636. The molecular weight excluding hydrogens is 312 g/mol. The number of carbonyl (C=O) groups is 2. The molecule has 0 saturated heterocycles. The van der Waals surface area contributed by atoms with E-state index in [4.69, 9.17) is 4.74 Å². The highest BCUT2D eigenvalue weighted by Gasteiger charge is 2.09. The van der Waals surface area contributed by atoms with Gasteiger partial charge in [-0.1, -0.05) is 95.0 Å². The summed E-state index contributed by atoms with van der Waals surface area (Å²) in [7, 11) is 0. The molecule has 25 heavy (non-hydrogen) atoms. The van der Waals surface area contributed by atoms with Crippen LogP contribution in [0.3, 0.4) is 0 Å². The Kier molecular flexibility index (Phi) is 12.6. The van der Waals surface area contributed by atoms with Crippen molar-refractivity contribution in [1.82, 2.24) is 0 Å². The minimum atomic E-state index is -0.264. The third-order valence-electron chi connectivity index (χ3n) is 4.41. The second kappa shape index (κ2) is 14.7. The number of carbonyl (C=O) groups excluding carboxylic acids is 2. The lowest BCUT2D eigenvalue weighted by molar-refractivity contribution is -0.143. The van der Waals surface area contributed by atoms with Crippen molar-refractivity contribution in [2.24, 2.45) is 0 Å². The molecule has 0 aliphatic rings. The van der Waals surface area contributed by atoms with Gasteiger partial charge in [-0.2, -0.15) is 0 Å². The van der Waals surface area contributed by atoms with Crippen molar-refractivity contribution in [3.05, 3.63) is 35.9 Å². The van der Waals surface area contributed by atoms with Gasteiger partial charge in [-0.15, -0.1) is 0 Å². The minimum absolute atomic E-state index is 0.00325. The highest BCUT2D eigenvalue weighted by Crippen LogP contribution is 2.11. The Balaban J connectivity index is 1.91. The van der Waals surface area contributed by atoms with Crippen LogP contribution in [0.1, 0.15) is 94.3 Å². The number of unbranched alkanes of at least 4 members (excludes halogenated alkanes) is 9. The first-order valence-corrected chi connectivity index (χ1v) is 9.98. The number of esters is 1. The molecule has 0 fully saturated rings. The van der Waals surface area contributed by atoms with Crippen LogP contribution >= 0.6 is 0 Å². The number of ether oxygens (including phenoxy) is 1. The van der Waals surface area contributed by atoms with Gasteiger partial charge in [0, 0.05) is 12.0 Å². The van der Waals surface area contributed by atoms with Crippen molar-refractivity contribution in [2.45, 2.75) is 84.0 Å². The monoisotopic (exact) mass is 346 g/mol. The number of ketones is 1. The SMILES string of the molecule is CCCCCCCCCCCCOC(=O)CCC(=O)c1ccccc1. The van der Waals surface area contributed by atoms with Crippen molar-refractivity contribution in [1.29, 1.82) is 0 Å². The van der Waals surface area contributed by atoms with Crippen LogP contribution in [0.25, 0.3) is 0 Å². The van der Waals surface area contributed by atoms with Crippen molar-refractivity contribution >= 4 is 11.8 Å². The second-order valence-corrected chi connectivity index (χ2v) is 6.69. The number of rotatable bonds is 15. The van der Waals surface area contributed by atoms with E-state index >= 15 is 0 Å². The molecule has 0 saturated carbocycles. The van der Waals surface area contributed by atoms with Crippen LogP contribution < -0.4 is 0 Å². The third kappa shape index (κ3) is 11.5. The molecule has 0 aliphatic heterocycles. The van der Waals surface area contributed by atoms with E-state index in [1.165, 1.54) is 51.4 Å². The van der Waals surface area contributed by atoms with Gasteiger partial charge in [0.2, 0.25) is 0 Å². The van der Waals surface area contributed by atoms with E-state index in [0.717, 1.165) is 12.8 Å². The van der Waals surface area contributed by atoms with Gasteiger partial charge in [0.25, 0.3) is 0 Å². The minimum Gasteiger partial charge on any atom is -0.466 e. The smallest absolute Gasteiger partial charge is 0.306 e. The lowest BCUT2D eigenvalue weighted by Crippen LogP contribution is -2.09. The van der Waals surface area contributed by atoms with Gasteiger partial charge in [0.1, 0.15) is 0 Å². The van der Waals surface area contributed by atoms with Crippen LogP contribution in [0, 0.1) is 0 Å². The van der Waals surface area contributed by atoms with Crippen molar-refractivity contribution in [3.63, 3.8) is 0 Å². The summed E-state index contributed by atoms with van der Waals surface area (Å²) in [5.41, 5.74) is 0.657. The van der Waals surface area contributed by atoms with Crippen LogP contribution in [-0.4, -0.2) is 18.4 Å². The topological polar surface area (TPSA) is 43.4 Å². The third-order valence-corrected chi connectivity index (χ3v) is 4.41. The summed E-state index contributed by atoms with van der Waals surface area (Å²) in [6.07, 6.45) is 13.0. The molecule has 1 rings (SSSR count). The highest BCUT2D eigenvalue weighted by molar-refractivity contribution is 5.97. The molecule has 3 nitrogen and oxygen atoms in total. The predicted molar refractivity (Wildman–Crippen MR) is 103 cm³/mol. The second-order valence-electron chi connectivity index (χ2n) is 6.69. The quantitative estimate of drug-likeness (QED) is 0.218. The van der Waals surface area contributed by atoms with E-state index in [0.29, 0.717) is 12.2 Å². The van der Waals surface area contributed by atoms with E-state index < -0.39 is 0 Å². The zero-order chi connectivity index (χ0) is 18.2. The predicted octanol–water partition coefficient (Wildman–Crippen LogP) is 6.11. The van der Waals surface area contributed by atoms with Crippen LogP contribution in [0.4, 0.5) is 0 Å². The van der Waals surface area contributed by atoms with Crippen molar-refractivity contribution in [3.8, 4) is 0 Å². The average Bonchev–Trinajstić information content (AvgIpc) is 2.65. The first-order valence-electron chi connectivity index (χ1n) is 9.98. The number of benzene rings is 1. The average molecular weight is 347 g/mol. The van der Waals surface area contributed by atoms with Gasteiger partial charge in [-0.25, -0.2) is 0 Å². The zero-order valence-corrected chi connectivity index (χ0v) is 15.8. The fourth-order valence-electron chi connectivity index (χ4n) is 2.83. The first kappa shape index (κ1) is 21.4. The molecule has 1 aromatic rings. The van der Waals surface area contributed by atoms with Gasteiger partial charge in [-0.3, -0.25) is 9.59 Å². The highest BCUT2D eigenvalue weighted by atomic mass is 16.5. The van der Waals surface area contributed by atoms with E-state index in [1.807, 2.05) is 18.2 Å². The number of hydrogen-bond donors (Lipinski definition) is 0. The molecule has 0 bridgehead atoms. The summed E-state index contributed by atoms with van der Waals surface area (Å²) in [6.45, 7) is 2.73. The summed E-state index contributed by atoms with van der Waals surface area (Å²) in [4.78, 5) is 23.6. The Morgan fingerprint density at radius 2 is 1.32 bits per heavy atom. The molecule has 0 amide bonds. The van der Waals surface area contributed by atoms with E-state index in [2.05, 4.69) is 6.92 Å². The summed E-state index contributed by atoms with van der Waals surface area (Å²) in [5, 5.41) is 0. The molecule has 0 spiro atoms. The van der Waals surface area contributed by atoms with Gasteiger partial charge >= 0.3 is 5.97 Å². The van der Waals surface area contributed by atoms with Crippen molar-refractivity contribution < 1.29 is 14.3 Å². The maximum Gasteiger partial charge on any atom is 0.306 e. The lowest BCUT2D eigenvalue weighted by Gasteiger charge is -2.05. The molecule has 1 aromatic carbocycles. The zero-order valence-electron chi connectivity index (χ0n) is 15.8. The molecular formula is C22H34O3. The van der Waals surface area contributed by atoms with Crippen LogP contribution in [0.15, 0.2) is 30.3 Å². The number of Topliss-reactive ketones (excluding diaryl/α,β-unsaturated/α-hetero) is 1. The normalized spacial score (nSPS) is 10.6. The molecule has 0 atom stereocenters. The van der Waals surface area contributed by atoms with Gasteiger partial charge in [0.05, 0.1) is 13.0 Å². The maximum atomic E-state index is 11.9. The maximum absolute atomic E-state index is 11.9. The van der Waals surface area contributed by atoms with E-state index in [9.17, 15) is 9.59 Å². The first-order chi connectivity index (χ1) is 12.2. The molecule has 0 heterocycles. The Hall–Kier alpha value is -1.64. The van der Waals surface area contributed by atoms with E-state index in [1.54, 1.807) is 12.1 Å².